The van der Waals surface area contributed by atoms with Gasteiger partial charge in [-0.3, -0.25) is 9.89 Å². The molecule has 0 aromatic carbocycles. The minimum Gasteiger partial charge on any atom is -0.387 e. The average Bonchev–Trinajstić information content (AvgIpc) is 2.84. The number of amidine groups is 1. The maximum atomic E-state index is 6.31. The Hall–Kier alpha value is -1.05. The summed E-state index contributed by atoms with van der Waals surface area (Å²) in [5, 5.41) is 0. The Morgan fingerprint density at radius 2 is 2.00 bits per heavy atom. The molecule has 2 aliphatic heterocycles. The molecule has 0 aromatic heterocycles. The molecule has 0 aromatic rings. The number of methoxy groups -OCH3 is 1. The molecule has 4 atom stereocenters. The van der Waals surface area contributed by atoms with Crippen molar-refractivity contribution in [2.45, 2.75) is 70.9 Å². The highest BCUT2D eigenvalue weighted by Gasteiger charge is 2.52. The van der Waals surface area contributed by atoms with Crippen molar-refractivity contribution in [1.82, 2.24) is 4.90 Å². The van der Waals surface area contributed by atoms with Crippen LogP contribution in [0.25, 0.3) is 0 Å². The van der Waals surface area contributed by atoms with Gasteiger partial charge in [0.25, 0.3) is 0 Å². The van der Waals surface area contributed by atoms with Crippen molar-refractivity contribution < 1.29 is 4.74 Å². The lowest BCUT2D eigenvalue weighted by Crippen LogP contribution is -2.45. The summed E-state index contributed by atoms with van der Waals surface area (Å²) in [5.74, 6) is 8.63. The molecule has 1 saturated carbocycles. The lowest BCUT2D eigenvalue weighted by atomic mass is 9.60. The predicted octanol–water partition coefficient (Wildman–Crippen LogP) is 3.06. The molecule has 1 spiro atoms. The minimum absolute atomic E-state index is 0.135. The second-order valence-corrected chi connectivity index (χ2v) is 8.32. The number of rotatable bonds is 5. The zero-order valence-electron chi connectivity index (χ0n) is 16.3. The molecule has 140 valence electrons. The van der Waals surface area contributed by atoms with Crippen LogP contribution in [0.4, 0.5) is 0 Å². The van der Waals surface area contributed by atoms with Crippen LogP contribution in [0.2, 0.25) is 0 Å². The van der Waals surface area contributed by atoms with Gasteiger partial charge < -0.3 is 10.5 Å². The summed E-state index contributed by atoms with van der Waals surface area (Å²) in [5.41, 5.74) is 6.51. The first-order valence-electron chi connectivity index (χ1n) is 10.1. The molecule has 1 saturated heterocycles. The normalized spacial score (nSPS) is 30.9. The maximum absolute atomic E-state index is 6.31. The molecule has 25 heavy (non-hydrogen) atoms. The Morgan fingerprint density at radius 1 is 1.28 bits per heavy atom. The van der Waals surface area contributed by atoms with Gasteiger partial charge in [-0.15, -0.1) is 0 Å². The molecule has 3 aliphatic rings. The van der Waals surface area contributed by atoms with Gasteiger partial charge in [0, 0.05) is 18.4 Å². The van der Waals surface area contributed by atoms with Gasteiger partial charge in [0.1, 0.15) is 5.84 Å². The number of hydrogen-bond acceptors (Lipinski definition) is 4. The number of aliphatic imine (C=N–C) groups is 1. The first-order valence-corrected chi connectivity index (χ1v) is 10.1. The Kier molecular flexibility index (Phi) is 6.07. The quantitative estimate of drug-likeness (QED) is 0.779. The van der Waals surface area contributed by atoms with Gasteiger partial charge in [0.15, 0.2) is 0 Å². The summed E-state index contributed by atoms with van der Waals surface area (Å²) in [4.78, 5) is 7.33. The van der Waals surface area contributed by atoms with E-state index in [4.69, 9.17) is 15.5 Å². The largest absolute Gasteiger partial charge is 0.387 e. The van der Waals surface area contributed by atoms with E-state index in [-0.39, 0.29) is 17.4 Å². The van der Waals surface area contributed by atoms with Crippen LogP contribution in [-0.4, -0.2) is 49.6 Å². The maximum Gasteiger partial charge on any atom is 0.101 e. The highest BCUT2D eigenvalue weighted by atomic mass is 16.5. The zero-order chi connectivity index (χ0) is 17.9. The van der Waals surface area contributed by atoms with Crippen molar-refractivity contribution in [2.24, 2.45) is 28.0 Å². The summed E-state index contributed by atoms with van der Waals surface area (Å²) < 4.78 is 5.62. The van der Waals surface area contributed by atoms with Crippen molar-refractivity contribution in [3.05, 3.63) is 0 Å². The third-order valence-electron chi connectivity index (χ3n) is 6.98. The molecule has 2 heterocycles. The third kappa shape index (κ3) is 3.88. The number of piperidine rings is 1. The molecule has 3 rings (SSSR count). The number of nitrogens with zero attached hydrogens (tertiary/aromatic N) is 2. The monoisotopic (exact) mass is 345 g/mol. The van der Waals surface area contributed by atoms with Crippen molar-refractivity contribution in [2.75, 3.05) is 26.7 Å². The first-order chi connectivity index (χ1) is 12.1. The van der Waals surface area contributed by atoms with E-state index in [2.05, 4.69) is 30.6 Å². The molecule has 0 radical (unpaired) electrons. The van der Waals surface area contributed by atoms with E-state index in [1.165, 1.54) is 51.6 Å². The molecule has 2 N–H and O–H groups in total. The van der Waals surface area contributed by atoms with Crippen LogP contribution in [0, 0.1) is 29.1 Å². The molecular formula is C21H35N3O. The van der Waals surface area contributed by atoms with Crippen molar-refractivity contribution >= 4 is 5.84 Å². The molecule has 4 unspecified atom stereocenters. The molecule has 0 amide bonds. The van der Waals surface area contributed by atoms with Crippen LogP contribution in [0.1, 0.15) is 58.8 Å². The number of ether oxygens (including phenoxy) is 1. The zero-order valence-corrected chi connectivity index (χ0v) is 16.3. The number of hydrogen-bond donors (Lipinski definition) is 1. The van der Waals surface area contributed by atoms with Crippen LogP contribution in [0.3, 0.4) is 0 Å². The van der Waals surface area contributed by atoms with Gasteiger partial charge in [0.2, 0.25) is 0 Å². The fraction of sp³-hybridized carbons (Fsp3) is 0.857. The van der Waals surface area contributed by atoms with Gasteiger partial charge in [-0.05, 0) is 58.0 Å². The fourth-order valence-corrected chi connectivity index (χ4v) is 4.74. The smallest absolute Gasteiger partial charge is 0.101 e. The summed E-state index contributed by atoms with van der Waals surface area (Å²) in [6.45, 7) is 7.75. The second-order valence-electron chi connectivity index (χ2n) is 8.32. The molecule has 1 aliphatic carbocycles. The molecule has 2 fully saturated rings. The summed E-state index contributed by atoms with van der Waals surface area (Å²) >= 11 is 0. The Labute approximate surface area is 153 Å². The van der Waals surface area contributed by atoms with Crippen LogP contribution in [-0.2, 0) is 4.74 Å². The molecule has 4 nitrogen and oxygen atoms in total. The van der Waals surface area contributed by atoms with Crippen LogP contribution < -0.4 is 5.73 Å². The summed E-state index contributed by atoms with van der Waals surface area (Å²) in [7, 11) is 1.78. The summed E-state index contributed by atoms with van der Waals surface area (Å²) in [6, 6.07) is 0.298. The Morgan fingerprint density at radius 3 is 2.56 bits per heavy atom. The highest BCUT2D eigenvalue weighted by Crippen LogP contribution is 2.53. The van der Waals surface area contributed by atoms with Crippen molar-refractivity contribution in [3.8, 4) is 11.8 Å². The third-order valence-corrected chi connectivity index (χ3v) is 6.98. The van der Waals surface area contributed by atoms with Crippen molar-refractivity contribution in [1.29, 1.82) is 0 Å². The standard InChI is InChI=1S/C21H35N3O/c1-16-19(23-20(22)21(16)10-8-11-21)15-18(17(2)25-3)9-7-14-24-12-5-4-6-13-24/h16-19H,4-6,8,10-15H2,1-3H3,(H2,22,23). The van der Waals surface area contributed by atoms with Gasteiger partial charge in [0.05, 0.1) is 18.7 Å². The highest BCUT2D eigenvalue weighted by molar-refractivity contribution is 5.89. The first kappa shape index (κ1) is 18.7. The van der Waals surface area contributed by atoms with Crippen LogP contribution >= 0.6 is 0 Å². The SMILES string of the molecule is COC(C)C(C#CCN1CCCCC1)CC1N=C(N)C2(CCC2)C1C. The molecular weight excluding hydrogens is 310 g/mol. The van der Waals surface area contributed by atoms with E-state index in [1.807, 2.05) is 0 Å². The second kappa shape index (κ2) is 8.10. The van der Waals surface area contributed by atoms with E-state index in [9.17, 15) is 0 Å². The van der Waals surface area contributed by atoms with E-state index in [1.54, 1.807) is 7.11 Å². The Balaban J connectivity index is 1.61. The van der Waals surface area contributed by atoms with E-state index < -0.39 is 0 Å². The van der Waals surface area contributed by atoms with E-state index >= 15 is 0 Å². The number of likely N-dealkylation sites (tertiary alicyclic amines) is 1. The van der Waals surface area contributed by atoms with Gasteiger partial charge in [-0.2, -0.15) is 0 Å². The lowest BCUT2D eigenvalue weighted by molar-refractivity contribution is 0.0727. The predicted molar refractivity (Wildman–Crippen MR) is 104 cm³/mol. The fourth-order valence-electron chi connectivity index (χ4n) is 4.74. The topological polar surface area (TPSA) is 50.8 Å². The van der Waals surface area contributed by atoms with E-state index in [0.717, 1.165) is 18.8 Å². The summed E-state index contributed by atoms with van der Waals surface area (Å²) in [6.07, 6.45) is 8.82. The molecule has 0 bridgehead atoms. The van der Waals surface area contributed by atoms with Gasteiger partial charge in [-0.25, -0.2) is 0 Å². The van der Waals surface area contributed by atoms with Gasteiger partial charge >= 0.3 is 0 Å². The number of nitrogens with two attached hydrogens (primary N) is 1. The van der Waals surface area contributed by atoms with Crippen LogP contribution in [0.5, 0.6) is 0 Å². The van der Waals surface area contributed by atoms with Crippen molar-refractivity contribution in [3.63, 3.8) is 0 Å². The molecule has 4 heteroatoms. The Bertz CT molecular complexity index is 537. The minimum atomic E-state index is 0.135. The van der Waals surface area contributed by atoms with Crippen LogP contribution in [0.15, 0.2) is 4.99 Å². The van der Waals surface area contributed by atoms with Gasteiger partial charge in [-0.1, -0.05) is 31.6 Å². The average molecular weight is 346 g/mol. The lowest BCUT2D eigenvalue weighted by Gasteiger charge is -2.43. The van der Waals surface area contributed by atoms with E-state index in [0.29, 0.717) is 12.0 Å².